The van der Waals surface area contributed by atoms with Crippen LogP contribution in [0.4, 0.5) is 8.78 Å². The van der Waals surface area contributed by atoms with Crippen molar-refractivity contribution in [2.24, 2.45) is 0 Å². The van der Waals surface area contributed by atoms with Crippen LogP contribution in [-0.2, 0) is 0 Å². The number of benzene rings is 2. The van der Waals surface area contributed by atoms with Crippen molar-refractivity contribution in [3.05, 3.63) is 68.7 Å². The lowest BCUT2D eigenvalue weighted by atomic mass is 10.0. The van der Waals surface area contributed by atoms with E-state index in [4.69, 9.17) is 11.6 Å². The molecular formula is C13H6BrClF2O. The normalized spacial score (nSPS) is 10.4. The van der Waals surface area contributed by atoms with Crippen LogP contribution in [0.3, 0.4) is 0 Å². The zero-order valence-electron chi connectivity index (χ0n) is 8.88. The van der Waals surface area contributed by atoms with Crippen LogP contribution in [0.2, 0.25) is 5.02 Å². The monoisotopic (exact) mass is 330 g/mol. The average Bonchev–Trinajstić information content (AvgIpc) is 2.26. The van der Waals surface area contributed by atoms with Crippen molar-refractivity contribution in [1.82, 2.24) is 0 Å². The molecule has 1 nitrogen and oxygen atoms in total. The molecule has 92 valence electrons. The largest absolute Gasteiger partial charge is 0.288 e. The van der Waals surface area contributed by atoms with E-state index in [0.29, 0.717) is 15.6 Å². The van der Waals surface area contributed by atoms with Crippen molar-refractivity contribution in [3.63, 3.8) is 0 Å². The Morgan fingerprint density at radius 3 is 2.44 bits per heavy atom. The van der Waals surface area contributed by atoms with Crippen molar-refractivity contribution in [2.45, 2.75) is 0 Å². The maximum absolute atomic E-state index is 13.5. The molecule has 2 aromatic rings. The van der Waals surface area contributed by atoms with Crippen molar-refractivity contribution in [3.8, 4) is 0 Å². The molecule has 0 aliphatic rings. The molecule has 0 amide bonds. The molecule has 18 heavy (non-hydrogen) atoms. The average molecular weight is 332 g/mol. The highest BCUT2D eigenvalue weighted by molar-refractivity contribution is 9.10. The predicted octanol–water partition coefficient (Wildman–Crippen LogP) is 4.61. The standard InChI is InChI=1S/C13H6BrClF2O/c14-8-3-7(4-9(15)5-8)13(18)11-2-1-10(16)6-12(11)17/h1-6H. The summed E-state index contributed by atoms with van der Waals surface area (Å²) in [6.07, 6.45) is 0. The molecule has 0 fully saturated rings. The molecule has 0 aromatic heterocycles. The molecule has 0 saturated heterocycles. The minimum Gasteiger partial charge on any atom is -0.288 e. The third-order valence-electron chi connectivity index (χ3n) is 2.30. The molecule has 2 aromatic carbocycles. The van der Waals surface area contributed by atoms with Crippen LogP contribution >= 0.6 is 27.5 Å². The van der Waals surface area contributed by atoms with Gasteiger partial charge in [-0.15, -0.1) is 0 Å². The highest BCUT2D eigenvalue weighted by Crippen LogP contribution is 2.22. The topological polar surface area (TPSA) is 17.1 Å². The van der Waals surface area contributed by atoms with E-state index < -0.39 is 17.4 Å². The summed E-state index contributed by atoms with van der Waals surface area (Å²) < 4.78 is 26.9. The van der Waals surface area contributed by atoms with Gasteiger partial charge in [-0.25, -0.2) is 8.78 Å². The summed E-state index contributed by atoms with van der Waals surface area (Å²) in [5, 5.41) is 0.357. The molecule has 0 aliphatic carbocycles. The molecule has 0 bridgehead atoms. The van der Waals surface area contributed by atoms with Crippen molar-refractivity contribution < 1.29 is 13.6 Å². The fraction of sp³-hybridized carbons (Fsp3) is 0. The van der Waals surface area contributed by atoms with E-state index in [1.165, 1.54) is 12.1 Å². The van der Waals surface area contributed by atoms with Gasteiger partial charge in [0.25, 0.3) is 0 Å². The van der Waals surface area contributed by atoms with E-state index >= 15 is 0 Å². The van der Waals surface area contributed by atoms with Gasteiger partial charge in [0.2, 0.25) is 0 Å². The lowest BCUT2D eigenvalue weighted by Crippen LogP contribution is -2.04. The highest BCUT2D eigenvalue weighted by atomic mass is 79.9. The van der Waals surface area contributed by atoms with Gasteiger partial charge in [-0.05, 0) is 30.3 Å². The van der Waals surface area contributed by atoms with E-state index in [1.807, 2.05) is 0 Å². The Balaban J connectivity index is 2.47. The molecule has 0 aliphatic heterocycles. The molecule has 0 N–H and O–H groups in total. The Morgan fingerprint density at radius 2 is 1.83 bits per heavy atom. The van der Waals surface area contributed by atoms with Crippen molar-refractivity contribution in [1.29, 1.82) is 0 Å². The number of hydrogen-bond acceptors (Lipinski definition) is 1. The number of halogens is 4. The molecule has 0 unspecified atom stereocenters. The molecule has 0 spiro atoms. The van der Waals surface area contributed by atoms with Gasteiger partial charge >= 0.3 is 0 Å². The molecule has 0 saturated carbocycles. The second kappa shape index (κ2) is 5.16. The molecule has 2 rings (SSSR count). The van der Waals surface area contributed by atoms with E-state index in [2.05, 4.69) is 15.9 Å². The molecule has 5 heteroatoms. The van der Waals surface area contributed by atoms with E-state index in [9.17, 15) is 13.6 Å². The highest BCUT2D eigenvalue weighted by Gasteiger charge is 2.15. The number of rotatable bonds is 2. The third-order valence-corrected chi connectivity index (χ3v) is 2.98. The first-order chi connectivity index (χ1) is 8.47. The van der Waals surface area contributed by atoms with Crippen LogP contribution in [-0.4, -0.2) is 5.78 Å². The second-order valence-electron chi connectivity index (χ2n) is 3.61. The Kier molecular flexibility index (Phi) is 3.78. The number of hydrogen-bond donors (Lipinski definition) is 0. The second-order valence-corrected chi connectivity index (χ2v) is 4.96. The first kappa shape index (κ1) is 13.2. The van der Waals surface area contributed by atoms with E-state index in [1.54, 1.807) is 6.07 Å². The van der Waals surface area contributed by atoms with Crippen LogP contribution in [0.1, 0.15) is 15.9 Å². The minimum absolute atomic E-state index is 0.189. The van der Waals surface area contributed by atoms with Gasteiger partial charge in [-0.1, -0.05) is 27.5 Å². The third kappa shape index (κ3) is 2.76. The van der Waals surface area contributed by atoms with Gasteiger partial charge in [-0.3, -0.25) is 4.79 Å². The Morgan fingerprint density at radius 1 is 1.11 bits per heavy atom. The Bertz CT molecular complexity index is 608. The van der Waals surface area contributed by atoms with Crippen LogP contribution in [0.25, 0.3) is 0 Å². The van der Waals surface area contributed by atoms with Crippen LogP contribution < -0.4 is 0 Å². The lowest BCUT2D eigenvalue weighted by molar-refractivity contribution is 0.103. The predicted molar refractivity (Wildman–Crippen MR) is 68.9 cm³/mol. The van der Waals surface area contributed by atoms with Crippen LogP contribution in [0, 0.1) is 11.6 Å². The molecule has 0 radical (unpaired) electrons. The molecular weight excluding hydrogens is 325 g/mol. The lowest BCUT2D eigenvalue weighted by Gasteiger charge is -2.04. The summed E-state index contributed by atoms with van der Waals surface area (Å²) in [4.78, 5) is 12.0. The Labute approximate surface area is 116 Å². The summed E-state index contributed by atoms with van der Waals surface area (Å²) in [6, 6.07) is 7.39. The number of carbonyl (C=O) groups is 1. The smallest absolute Gasteiger partial charge is 0.196 e. The minimum atomic E-state index is -0.893. The van der Waals surface area contributed by atoms with E-state index in [0.717, 1.165) is 12.1 Å². The summed E-state index contributed by atoms with van der Waals surface area (Å²) in [5.74, 6) is -2.16. The summed E-state index contributed by atoms with van der Waals surface area (Å²) in [5.41, 5.74) is 0.0467. The Hall–Kier alpha value is -1.26. The number of carbonyl (C=O) groups excluding carboxylic acids is 1. The summed E-state index contributed by atoms with van der Waals surface area (Å²) in [7, 11) is 0. The van der Waals surface area contributed by atoms with E-state index in [-0.39, 0.29) is 11.1 Å². The maximum Gasteiger partial charge on any atom is 0.196 e. The quantitative estimate of drug-likeness (QED) is 0.734. The molecule has 0 heterocycles. The van der Waals surface area contributed by atoms with Gasteiger partial charge in [0.05, 0.1) is 5.56 Å². The first-order valence-electron chi connectivity index (χ1n) is 4.93. The fourth-order valence-corrected chi connectivity index (χ4v) is 2.37. The van der Waals surface area contributed by atoms with Gasteiger partial charge in [-0.2, -0.15) is 0 Å². The first-order valence-corrected chi connectivity index (χ1v) is 6.10. The van der Waals surface area contributed by atoms with Crippen molar-refractivity contribution in [2.75, 3.05) is 0 Å². The van der Waals surface area contributed by atoms with Crippen molar-refractivity contribution >= 4 is 33.3 Å². The van der Waals surface area contributed by atoms with Crippen LogP contribution in [0.5, 0.6) is 0 Å². The van der Waals surface area contributed by atoms with Crippen LogP contribution in [0.15, 0.2) is 40.9 Å². The summed E-state index contributed by atoms with van der Waals surface area (Å²) >= 11 is 9.00. The molecule has 0 atom stereocenters. The summed E-state index contributed by atoms with van der Waals surface area (Å²) in [6.45, 7) is 0. The van der Waals surface area contributed by atoms with Gasteiger partial charge in [0, 0.05) is 21.1 Å². The van der Waals surface area contributed by atoms with Gasteiger partial charge in [0.15, 0.2) is 5.78 Å². The van der Waals surface area contributed by atoms with Gasteiger partial charge in [0.1, 0.15) is 11.6 Å². The maximum atomic E-state index is 13.5. The SMILES string of the molecule is O=C(c1cc(Cl)cc(Br)c1)c1ccc(F)cc1F. The number of ketones is 1. The zero-order valence-corrected chi connectivity index (χ0v) is 11.2. The zero-order chi connectivity index (χ0) is 13.3. The van der Waals surface area contributed by atoms with Gasteiger partial charge < -0.3 is 0 Å². The fourth-order valence-electron chi connectivity index (χ4n) is 1.51.